The number of aliphatic hydroxyl groups is 1. The summed E-state index contributed by atoms with van der Waals surface area (Å²) in [5, 5.41) is 14.3. The topological polar surface area (TPSA) is 61.7 Å². The van der Waals surface area contributed by atoms with E-state index in [2.05, 4.69) is 34.0 Å². The zero-order chi connectivity index (χ0) is 21.7. The molecule has 1 aromatic carbocycles. The molecular weight excluding hydrogens is 408 g/mol. The maximum absolute atomic E-state index is 11.3. The molecule has 1 saturated heterocycles. The Balaban J connectivity index is 1.32. The highest BCUT2D eigenvalue weighted by Crippen LogP contribution is 2.34. The number of hydrogen-bond donors (Lipinski definition) is 1. The summed E-state index contributed by atoms with van der Waals surface area (Å²) in [4.78, 5) is 13.6. The van der Waals surface area contributed by atoms with Gasteiger partial charge < -0.3 is 9.84 Å². The maximum atomic E-state index is 11.3. The van der Waals surface area contributed by atoms with Crippen molar-refractivity contribution in [2.45, 2.75) is 38.1 Å². The number of hydrogen-bond acceptors (Lipinski definition) is 7. The minimum Gasteiger partial charge on any atom is -0.496 e. The van der Waals surface area contributed by atoms with E-state index in [1.807, 2.05) is 35.8 Å². The van der Waals surface area contributed by atoms with E-state index in [-0.39, 0.29) is 0 Å². The number of thiazole rings is 1. The number of likely N-dealkylation sites (tertiary alicyclic amines) is 1. The smallest absolute Gasteiger partial charge is 0.123 e. The van der Waals surface area contributed by atoms with Crippen molar-refractivity contribution in [2.24, 2.45) is 0 Å². The minimum absolute atomic E-state index is 0.691. The second kappa shape index (κ2) is 9.87. The molecule has 1 fully saturated rings. The second-order valence-electron chi connectivity index (χ2n) is 8.28. The van der Waals surface area contributed by atoms with Gasteiger partial charge in [0, 0.05) is 49.5 Å². The molecule has 0 aliphatic carbocycles. The molecule has 1 N–H and O–H groups in total. The molecule has 164 valence electrons. The van der Waals surface area contributed by atoms with Gasteiger partial charge >= 0.3 is 0 Å². The fourth-order valence-corrected chi connectivity index (χ4v) is 5.06. The highest BCUT2D eigenvalue weighted by molar-refractivity contribution is 7.09. The van der Waals surface area contributed by atoms with Crippen LogP contribution in [-0.2, 0) is 25.2 Å². The van der Waals surface area contributed by atoms with Gasteiger partial charge in [-0.05, 0) is 37.6 Å². The van der Waals surface area contributed by atoms with E-state index in [1.54, 1.807) is 24.6 Å². The molecule has 0 spiro atoms. The van der Waals surface area contributed by atoms with Crippen molar-refractivity contribution in [3.05, 3.63) is 76.0 Å². The zero-order valence-electron chi connectivity index (χ0n) is 18.2. The van der Waals surface area contributed by atoms with Crippen LogP contribution < -0.4 is 4.74 Å². The Morgan fingerprint density at radius 2 is 1.97 bits per heavy atom. The van der Waals surface area contributed by atoms with Crippen molar-refractivity contribution in [2.75, 3.05) is 27.2 Å². The van der Waals surface area contributed by atoms with Crippen molar-refractivity contribution in [1.29, 1.82) is 0 Å². The molecular formula is C24H30N4O2S. The van der Waals surface area contributed by atoms with Gasteiger partial charge in [0.05, 0.1) is 19.3 Å². The van der Waals surface area contributed by atoms with Crippen LogP contribution in [0.3, 0.4) is 0 Å². The zero-order valence-corrected chi connectivity index (χ0v) is 19.0. The molecule has 2 aromatic heterocycles. The first-order chi connectivity index (χ1) is 15.1. The Morgan fingerprint density at radius 3 is 2.71 bits per heavy atom. The Labute approximate surface area is 188 Å². The third-order valence-electron chi connectivity index (χ3n) is 5.88. The number of ether oxygens (including phenoxy) is 1. The first-order valence-corrected chi connectivity index (χ1v) is 11.5. The van der Waals surface area contributed by atoms with Crippen LogP contribution in [0.25, 0.3) is 0 Å². The molecule has 0 radical (unpaired) electrons. The van der Waals surface area contributed by atoms with Gasteiger partial charge in [0.25, 0.3) is 0 Å². The van der Waals surface area contributed by atoms with Gasteiger partial charge in [-0.25, -0.2) is 4.98 Å². The Kier molecular flexibility index (Phi) is 6.97. The molecule has 0 unspecified atom stereocenters. The van der Waals surface area contributed by atoms with Gasteiger partial charge in [0.15, 0.2) is 0 Å². The number of benzene rings is 1. The molecule has 3 aromatic rings. The largest absolute Gasteiger partial charge is 0.496 e. The second-order valence-corrected chi connectivity index (χ2v) is 9.22. The summed E-state index contributed by atoms with van der Waals surface area (Å²) in [6.07, 6.45) is 5.07. The minimum atomic E-state index is -0.839. The number of piperidine rings is 1. The van der Waals surface area contributed by atoms with Gasteiger partial charge in [0.2, 0.25) is 0 Å². The molecule has 0 amide bonds. The lowest BCUT2D eigenvalue weighted by Gasteiger charge is -2.37. The summed E-state index contributed by atoms with van der Waals surface area (Å²) in [6, 6.07) is 12.2. The van der Waals surface area contributed by atoms with Crippen LogP contribution >= 0.6 is 11.3 Å². The average Bonchev–Trinajstić information content (AvgIpc) is 3.26. The Hall–Kier alpha value is -2.32. The predicted octanol–water partition coefficient (Wildman–Crippen LogP) is 3.66. The summed E-state index contributed by atoms with van der Waals surface area (Å²) < 4.78 is 5.48. The van der Waals surface area contributed by atoms with E-state index in [1.165, 1.54) is 11.1 Å². The normalized spacial score (nSPS) is 16.5. The van der Waals surface area contributed by atoms with Gasteiger partial charge in [-0.2, -0.15) is 0 Å². The van der Waals surface area contributed by atoms with E-state index in [4.69, 9.17) is 9.72 Å². The van der Waals surface area contributed by atoms with Gasteiger partial charge in [-0.1, -0.05) is 24.3 Å². The number of aromatic nitrogens is 2. The molecule has 6 nitrogen and oxygen atoms in total. The van der Waals surface area contributed by atoms with E-state index in [9.17, 15) is 5.11 Å². The van der Waals surface area contributed by atoms with E-state index in [0.29, 0.717) is 12.8 Å². The molecule has 0 saturated carbocycles. The molecule has 0 bridgehead atoms. The summed E-state index contributed by atoms with van der Waals surface area (Å²) in [5.74, 6) is 0.919. The summed E-state index contributed by atoms with van der Waals surface area (Å²) in [6.45, 7) is 4.09. The lowest BCUT2D eigenvalue weighted by atomic mass is 9.88. The van der Waals surface area contributed by atoms with Crippen molar-refractivity contribution in [1.82, 2.24) is 19.8 Å². The SMILES string of the molecule is COc1ccccc1CN1CCC(O)(c2csc(CN(C)Cc3cccnc3)n2)CC1. The number of pyridine rings is 1. The van der Waals surface area contributed by atoms with Crippen LogP contribution in [0.4, 0.5) is 0 Å². The number of nitrogens with zero attached hydrogens (tertiary/aromatic N) is 4. The van der Waals surface area contributed by atoms with Crippen LogP contribution in [0.1, 0.15) is 34.7 Å². The monoisotopic (exact) mass is 438 g/mol. The highest BCUT2D eigenvalue weighted by Gasteiger charge is 2.36. The molecule has 3 heterocycles. The molecule has 0 atom stereocenters. The number of rotatable bonds is 8. The van der Waals surface area contributed by atoms with Gasteiger partial charge in [-0.3, -0.25) is 14.8 Å². The first-order valence-electron chi connectivity index (χ1n) is 10.6. The van der Waals surface area contributed by atoms with Crippen LogP contribution in [0.2, 0.25) is 0 Å². The third-order valence-corrected chi connectivity index (χ3v) is 6.71. The van der Waals surface area contributed by atoms with Gasteiger partial charge in [-0.15, -0.1) is 11.3 Å². The highest BCUT2D eigenvalue weighted by atomic mass is 32.1. The van der Waals surface area contributed by atoms with E-state index < -0.39 is 5.60 Å². The van der Waals surface area contributed by atoms with Crippen molar-refractivity contribution in [3.63, 3.8) is 0 Å². The Bertz CT molecular complexity index is 970. The quantitative estimate of drug-likeness (QED) is 0.579. The first kappa shape index (κ1) is 21.9. The molecule has 4 rings (SSSR count). The van der Waals surface area contributed by atoms with Crippen LogP contribution in [0.5, 0.6) is 5.75 Å². The van der Waals surface area contributed by atoms with Gasteiger partial charge in [0.1, 0.15) is 16.4 Å². The summed E-state index contributed by atoms with van der Waals surface area (Å²) in [7, 11) is 3.79. The molecule has 1 aliphatic heterocycles. The third kappa shape index (κ3) is 5.49. The summed E-state index contributed by atoms with van der Waals surface area (Å²) >= 11 is 1.63. The van der Waals surface area contributed by atoms with Crippen LogP contribution in [0.15, 0.2) is 54.2 Å². The lowest BCUT2D eigenvalue weighted by Crippen LogP contribution is -2.42. The van der Waals surface area contributed by atoms with Crippen molar-refractivity contribution in [3.8, 4) is 5.75 Å². The fraction of sp³-hybridized carbons (Fsp3) is 0.417. The van der Waals surface area contributed by atoms with Crippen LogP contribution in [0, 0.1) is 0 Å². The number of para-hydroxylation sites is 1. The Morgan fingerprint density at radius 1 is 1.16 bits per heavy atom. The van der Waals surface area contributed by atoms with Crippen LogP contribution in [-0.4, -0.2) is 52.1 Å². The van der Waals surface area contributed by atoms with Crippen molar-refractivity contribution < 1.29 is 9.84 Å². The average molecular weight is 439 g/mol. The lowest BCUT2D eigenvalue weighted by molar-refractivity contribution is -0.0308. The predicted molar refractivity (Wildman–Crippen MR) is 123 cm³/mol. The van der Waals surface area contributed by atoms with E-state index in [0.717, 1.165) is 49.2 Å². The molecule has 1 aliphatic rings. The number of methoxy groups -OCH3 is 1. The maximum Gasteiger partial charge on any atom is 0.123 e. The van der Waals surface area contributed by atoms with E-state index >= 15 is 0 Å². The fourth-order valence-electron chi connectivity index (χ4n) is 4.10. The standard InChI is InChI=1S/C24H30N4O2S/c1-27(15-19-6-5-11-25-14-19)17-23-26-22(18-31-23)24(29)9-12-28(13-10-24)16-20-7-3-4-8-21(20)30-2/h3-8,11,14,18,29H,9-10,12-13,15-17H2,1-2H3. The molecule has 7 heteroatoms. The van der Waals surface area contributed by atoms with Crippen molar-refractivity contribution >= 4 is 11.3 Å². The molecule has 31 heavy (non-hydrogen) atoms. The summed E-state index contributed by atoms with van der Waals surface area (Å²) in [5.41, 5.74) is 2.35.